The van der Waals surface area contributed by atoms with E-state index >= 15 is 0 Å². The molecule has 0 amide bonds. The smallest absolute Gasteiger partial charge is 0.343 e. The normalized spacial score (nSPS) is 17.8. The molecule has 0 N–H and O–H groups in total. The molecule has 5 rings (SSSR count). The van der Waals surface area contributed by atoms with Crippen LogP contribution in [0.1, 0.15) is 87.7 Å². The van der Waals surface area contributed by atoms with Gasteiger partial charge in [-0.3, -0.25) is 4.79 Å². The summed E-state index contributed by atoms with van der Waals surface area (Å²) < 4.78 is 20.3. The van der Waals surface area contributed by atoms with E-state index in [2.05, 4.69) is 50.6 Å². The van der Waals surface area contributed by atoms with Crippen LogP contribution in [0.3, 0.4) is 0 Å². The van der Waals surface area contributed by atoms with E-state index in [0.29, 0.717) is 5.92 Å². The molecule has 0 unspecified atom stereocenters. The van der Waals surface area contributed by atoms with Crippen LogP contribution in [0.5, 0.6) is 5.75 Å². The molecule has 2 saturated carbocycles. The fourth-order valence-electron chi connectivity index (χ4n) is 5.62. The molecular weight excluding hydrogens is 506 g/mol. The third-order valence-electron chi connectivity index (χ3n) is 9.45. The Hall–Kier alpha value is -2.38. The highest BCUT2D eigenvalue weighted by atomic mass is 28.4. The summed E-state index contributed by atoms with van der Waals surface area (Å²) in [6, 6.07) is 6.14. The fraction of sp³-hybridized carbons (Fsp3) is 0.625. The van der Waals surface area contributed by atoms with Gasteiger partial charge in [-0.2, -0.15) is 0 Å². The Labute approximate surface area is 234 Å². The summed E-state index contributed by atoms with van der Waals surface area (Å²) in [5.74, 6) is 1.13. The summed E-state index contributed by atoms with van der Waals surface area (Å²) in [5.41, 5.74) is 4.16. The van der Waals surface area contributed by atoms with Gasteiger partial charge in [0.25, 0.3) is 0 Å². The number of ether oxygens (including phenoxy) is 2. The number of pyridine rings is 1. The minimum atomic E-state index is -1.80. The molecular formula is C32H45NO5Si. The Morgan fingerprint density at radius 2 is 1.90 bits per heavy atom. The lowest BCUT2D eigenvalue weighted by Gasteiger charge is -2.49. The van der Waals surface area contributed by atoms with Crippen molar-refractivity contribution in [2.45, 2.75) is 103 Å². The Kier molecular flexibility index (Phi) is 7.61. The number of aromatic nitrogens is 1. The maximum absolute atomic E-state index is 13.1. The standard InChI is InChI=1S/C32H45NO5Si/c1-7-36-30(35)26-20-33-27(18-28(26)34)25-16-23(10-8-15-38-39(5,6)31(2,3)4)29(37-21-22-11-12-22)17-24(25)19-32(33)13-9-14-32/h16-18,20,22H,7-15,19,21H2,1-6H3. The van der Waals surface area contributed by atoms with Gasteiger partial charge in [-0.05, 0) is 106 Å². The third kappa shape index (κ3) is 5.62. The molecule has 0 atom stereocenters. The molecule has 0 radical (unpaired) electrons. The van der Waals surface area contributed by atoms with Gasteiger partial charge in [0.2, 0.25) is 0 Å². The van der Waals surface area contributed by atoms with Crippen LogP contribution < -0.4 is 10.2 Å². The van der Waals surface area contributed by atoms with E-state index in [-0.39, 0.29) is 28.2 Å². The first-order valence-electron chi connectivity index (χ1n) is 14.8. The second kappa shape index (κ2) is 10.5. The van der Waals surface area contributed by atoms with Gasteiger partial charge in [0.15, 0.2) is 13.7 Å². The molecule has 2 fully saturated rings. The second-order valence-electron chi connectivity index (χ2n) is 13.4. The van der Waals surface area contributed by atoms with Crippen molar-refractivity contribution in [1.82, 2.24) is 4.57 Å². The molecule has 6 nitrogen and oxygen atoms in total. The largest absolute Gasteiger partial charge is 0.493 e. The van der Waals surface area contributed by atoms with Crippen molar-refractivity contribution in [2.75, 3.05) is 19.8 Å². The fourth-order valence-corrected chi connectivity index (χ4v) is 6.71. The highest BCUT2D eigenvalue weighted by Crippen LogP contribution is 2.50. The quantitative estimate of drug-likeness (QED) is 0.183. The molecule has 212 valence electrons. The zero-order valence-electron chi connectivity index (χ0n) is 24.7. The van der Waals surface area contributed by atoms with Crippen molar-refractivity contribution in [1.29, 1.82) is 0 Å². The summed E-state index contributed by atoms with van der Waals surface area (Å²) >= 11 is 0. The predicted molar refractivity (Wildman–Crippen MR) is 157 cm³/mol. The minimum absolute atomic E-state index is 0.0937. The first-order chi connectivity index (χ1) is 18.4. The van der Waals surface area contributed by atoms with Gasteiger partial charge in [0.05, 0.1) is 18.9 Å². The van der Waals surface area contributed by atoms with Crippen molar-refractivity contribution in [2.24, 2.45) is 5.92 Å². The number of aryl methyl sites for hydroxylation is 1. The van der Waals surface area contributed by atoms with E-state index < -0.39 is 14.3 Å². The molecule has 1 aliphatic heterocycles. The van der Waals surface area contributed by atoms with Crippen molar-refractivity contribution in [3.8, 4) is 17.0 Å². The molecule has 2 aromatic rings. The van der Waals surface area contributed by atoms with Gasteiger partial charge in [-0.25, -0.2) is 4.79 Å². The summed E-state index contributed by atoms with van der Waals surface area (Å²) in [6.07, 6.45) is 10.2. The van der Waals surface area contributed by atoms with Crippen molar-refractivity contribution in [3.63, 3.8) is 0 Å². The number of nitrogens with zero attached hydrogens (tertiary/aromatic N) is 1. The summed E-state index contributed by atoms with van der Waals surface area (Å²) in [6.45, 7) is 14.9. The number of hydrogen-bond donors (Lipinski definition) is 0. The van der Waals surface area contributed by atoms with Crippen molar-refractivity contribution in [3.05, 3.63) is 51.3 Å². The van der Waals surface area contributed by atoms with Crippen LogP contribution in [-0.2, 0) is 27.5 Å². The van der Waals surface area contributed by atoms with Crippen LogP contribution in [0.4, 0.5) is 0 Å². The van der Waals surface area contributed by atoms with Crippen molar-refractivity contribution >= 4 is 14.3 Å². The van der Waals surface area contributed by atoms with Crippen LogP contribution in [0.2, 0.25) is 18.1 Å². The van der Waals surface area contributed by atoms with Gasteiger partial charge >= 0.3 is 5.97 Å². The Bertz CT molecular complexity index is 1300. The average molecular weight is 552 g/mol. The zero-order chi connectivity index (χ0) is 28.0. The molecule has 3 aliphatic rings. The number of benzene rings is 1. The maximum atomic E-state index is 13.1. The summed E-state index contributed by atoms with van der Waals surface area (Å²) in [4.78, 5) is 25.7. The molecule has 2 aliphatic carbocycles. The Balaban J connectivity index is 1.48. The topological polar surface area (TPSA) is 66.8 Å². The first-order valence-corrected chi connectivity index (χ1v) is 17.7. The summed E-state index contributed by atoms with van der Waals surface area (Å²) in [7, 11) is -1.80. The lowest BCUT2D eigenvalue weighted by atomic mass is 9.69. The Morgan fingerprint density at radius 3 is 2.51 bits per heavy atom. The van der Waals surface area contributed by atoms with Gasteiger partial charge in [0, 0.05) is 30.0 Å². The highest BCUT2D eigenvalue weighted by molar-refractivity contribution is 6.74. The van der Waals surface area contributed by atoms with Crippen LogP contribution >= 0.6 is 0 Å². The molecule has 0 saturated heterocycles. The van der Waals surface area contributed by atoms with Gasteiger partial charge in [0.1, 0.15) is 11.3 Å². The average Bonchev–Trinajstić information content (AvgIpc) is 3.67. The summed E-state index contributed by atoms with van der Waals surface area (Å²) in [5, 5.41) is 0.189. The predicted octanol–water partition coefficient (Wildman–Crippen LogP) is 6.87. The number of fused-ring (bicyclic) bond motifs is 4. The number of carbonyl (C=O) groups excluding carboxylic acids is 1. The van der Waals surface area contributed by atoms with Crippen molar-refractivity contribution < 1.29 is 18.7 Å². The lowest BCUT2D eigenvalue weighted by Crippen LogP contribution is -2.46. The zero-order valence-corrected chi connectivity index (χ0v) is 25.7. The molecule has 39 heavy (non-hydrogen) atoms. The van der Waals surface area contributed by atoms with Crippen LogP contribution in [0, 0.1) is 5.92 Å². The van der Waals surface area contributed by atoms with E-state index in [1.165, 1.54) is 24.0 Å². The van der Waals surface area contributed by atoms with E-state index in [0.717, 1.165) is 68.7 Å². The first kappa shape index (κ1) is 28.2. The molecule has 0 bridgehead atoms. The van der Waals surface area contributed by atoms with E-state index in [1.54, 1.807) is 19.2 Å². The molecule has 1 spiro atoms. The Morgan fingerprint density at radius 1 is 1.15 bits per heavy atom. The SMILES string of the molecule is CCOC(=O)c1cn2c(cc1=O)-c1cc(CCCO[Si](C)(C)C(C)(C)C)c(OCC3CC3)cc1CC21CCC1. The van der Waals surface area contributed by atoms with E-state index in [1.807, 2.05) is 0 Å². The second-order valence-corrected chi connectivity index (χ2v) is 18.2. The molecule has 1 aromatic heterocycles. The van der Waals surface area contributed by atoms with Gasteiger partial charge in [-0.15, -0.1) is 0 Å². The van der Waals surface area contributed by atoms with Crippen LogP contribution in [0.15, 0.2) is 29.2 Å². The minimum Gasteiger partial charge on any atom is -0.493 e. The molecule has 2 heterocycles. The van der Waals surface area contributed by atoms with Crippen LogP contribution in [-0.4, -0.2) is 38.7 Å². The maximum Gasteiger partial charge on any atom is 0.343 e. The third-order valence-corrected chi connectivity index (χ3v) is 14.0. The molecule has 1 aromatic carbocycles. The number of carbonyl (C=O) groups is 1. The number of hydrogen-bond acceptors (Lipinski definition) is 5. The van der Waals surface area contributed by atoms with Crippen LogP contribution in [0.25, 0.3) is 11.3 Å². The monoisotopic (exact) mass is 551 g/mol. The number of esters is 1. The molecule has 7 heteroatoms. The number of rotatable bonds is 10. The highest BCUT2D eigenvalue weighted by Gasteiger charge is 2.44. The van der Waals surface area contributed by atoms with Gasteiger partial charge < -0.3 is 18.5 Å². The van der Waals surface area contributed by atoms with E-state index in [9.17, 15) is 9.59 Å². The van der Waals surface area contributed by atoms with E-state index in [4.69, 9.17) is 13.9 Å². The lowest BCUT2D eigenvalue weighted by molar-refractivity contribution is 0.0521. The van der Waals surface area contributed by atoms with Gasteiger partial charge in [-0.1, -0.05) is 20.8 Å².